The molecule has 138 valence electrons. The van der Waals surface area contributed by atoms with Crippen LogP contribution < -0.4 is 5.73 Å². The van der Waals surface area contributed by atoms with Gasteiger partial charge < -0.3 is 29.8 Å². The summed E-state index contributed by atoms with van der Waals surface area (Å²) in [5, 5.41) is 19.5. The Bertz CT molecular complexity index is 589. The minimum atomic E-state index is -5.21. The molecule has 0 aromatic rings. The summed E-state index contributed by atoms with van der Waals surface area (Å²) in [5.41, 5.74) is 5.59. The monoisotopic (exact) mass is 379 g/mol. The highest BCUT2D eigenvalue weighted by molar-refractivity contribution is 7.81. The summed E-state index contributed by atoms with van der Waals surface area (Å²) in [6.07, 6.45) is -6.11. The molecule has 0 bridgehead atoms. The first-order valence-electron chi connectivity index (χ1n) is 6.29. The van der Waals surface area contributed by atoms with Crippen molar-refractivity contribution < 1.29 is 49.3 Å². The maximum atomic E-state index is 10.8. The molecule has 0 aromatic carbocycles. The van der Waals surface area contributed by atoms with Crippen LogP contribution in [0.25, 0.3) is 0 Å². The van der Waals surface area contributed by atoms with Gasteiger partial charge in [-0.2, -0.15) is 0 Å². The zero-order valence-electron chi connectivity index (χ0n) is 11.8. The lowest BCUT2D eigenvalue weighted by molar-refractivity contribution is -0.160. The average Bonchev–Trinajstić information content (AvgIpc) is 2.36. The maximum absolute atomic E-state index is 10.8. The first-order chi connectivity index (χ1) is 10.3. The number of rotatable bonds is 7. The molecule has 12 nitrogen and oxygen atoms in total. The van der Waals surface area contributed by atoms with E-state index in [9.17, 15) is 36.2 Å². The molecule has 4 N–H and O–H groups in total. The normalized spacial score (nSPS) is 32.4. The van der Waals surface area contributed by atoms with Gasteiger partial charge in [-0.25, -0.2) is 16.8 Å². The highest BCUT2D eigenvalue weighted by Gasteiger charge is 2.46. The van der Waals surface area contributed by atoms with Crippen LogP contribution in [0.1, 0.15) is 6.92 Å². The molecule has 6 atom stereocenters. The number of aliphatic hydroxyl groups is 2. The van der Waals surface area contributed by atoms with Gasteiger partial charge in [0.2, 0.25) is 20.8 Å². The lowest BCUT2D eigenvalue weighted by Crippen LogP contribution is -2.61. The number of aliphatic hydroxyl groups excluding tert-OH is 2. The molecular formula is C9H17NO11S2-2. The molecule has 0 radical (unpaired) electrons. The van der Waals surface area contributed by atoms with Crippen molar-refractivity contribution in [2.24, 2.45) is 11.7 Å². The maximum Gasteiger partial charge on any atom is 0.217 e. The minimum absolute atomic E-state index is 0.365. The van der Waals surface area contributed by atoms with Crippen molar-refractivity contribution in [3.8, 4) is 0 Å². The van der Waals surface area contributed by atoms with Crippen LogP contribution in [0, 0.1) is 5.92 Å². The molecule has 0 spiro atoms. The molecule has 1 fully saturated rings. The Kier molecular flexibility index (Phi) is 6.85. The van der Waals surface area contributed by atoms with Crippen LogP contribution in [0.4, 0.5) is 0 Å². The van der Waals surface area contributed by atoms with E-state index in [2.05, 4.69) is 8.37 Å². The van der Waals surface area contributed by atoms with Gasteiger partial charge in [-0.1, -0.05) is 0 Å². The fourth-order valence-electron chi connectivity index (χ4n) is 2.25. The van der Waals surface area contributed by atoms with E-state index in [1.54, 1.807) is 0 Å². The molecule has 0 aromatic heterocycles. The van der Waals surface area contributed by atoms with Gasteiger partial charge in [-0.15, -0.1) is 0 Å². The van der Waals surface area contributed by atoms with Gasteiger partial charge in [0.25, 0.3) is 0 Å². The first-order valence-corrected chi connectivity index (χ1v) is 8.96. The smallest absolute Gasteiger partial charge is 0.217 e. The second kappa shape index (κ2) is 7.64. The van der Waals surface area contributed by atoms with E-state index in [4.69, 9.17) is 10.5 Å². The largest absolute Gasteiger partial charge is 0.726 e. The fourth-order valence-corrected chi connectivity index (χ4v) is 3.10. The molecule has 1 aliphatic heterocycles. The van der Waals surface area contributed by atoms with Gasteiger partial charge in [-0.05, 0) is 6.92 Å². The van der Waals surface area contributed by atoms with Crippen molar-refractivity contribution in [1.82, 2.24) is 0 Å². The Morgan fingerprint density at radius 3 is 2.26 bits per heavy atom. The van der Waals surface area contributed by atoms with Crippen molar-refractivity contribution >= 4 is 20.8 Å². The van der Waals surface area contributed by atoms with Crippen molar-refractivity contribution in [3.63, 3.8) is 0 Å². The number of ether oxygens (including phenoxy) is 1. The Balaban J connectivity index is 3.08. The summed E-state index contributed by atoms with van der Waals surface area (Å²) in [5.74, 6) is -1.44. The molecule has 0 amide bonds. The predicted octanol–water partition coefficient (Wildman–Crippen LogP) is -3.61. The van der Waals surface area contributed by atoms with E-state index in [0.717, 1.165) is 6.92 Å². The molecular weight excluding hydrogens is 362 g/mol. The topological polar surface area (TPSA) is 209 Å². The summed E-state index contributed by atoms with van der Waals surface area (Å²) in [6.45, 7) is -0.0995. The van der Waals surface area contributed by atoms with Gasteiger partial charge in [0, 0.05) is 5.92 Å². The van der Waals surface area contributed by atoms with Gasteiger partial charge in [0.15, 0.2) is 0 Å². The fraction of sp³-hybridized carbons (Fsp3) is 1.00. The third-order valence-electron chi connectivity index (χ3n) is 3.23. The third-order valence-corrected chi connectivity index (χ3v) is 4.11. The molecule has 23 heavy (non-hydrogen) atoms. The molecule has 0 saturated carbocycles. The van der Waals surface area contributed by atoms with Crippen LogP contribution in [0.15, 0.2) is 0 Å². The van der Waals surface area contributed by atoms with Crippen LogP contribution in [0.3, 0.4) is 0 Å². The highest BCUT2D eigenvalue weighted by Crippen LogP contribution is 2.29. The first kappa shape index (κ1) is 20.6. The molecule has 1 heterocycles. The predicted molar refractivity (Wildman–Crippen MR) is 69.1 cm³/mol. The molecule has 0 aliphatic carbocycles. The van der Waals surface area contributed by atoms with Crippen LogP contribution in [-0.4, -0.2) is 79.8 Å². The lowest BCUT2D eigenvalue weighted by atomic mass is 9.83. The SMILES string of the molecule is CC(O)C(O)[C@H]1C(COS(=O)(=O)[O-])OCC(N)[C@H]1OS(=O)(=O)[O-]. The Morgan fingerprint density at radius 2 is 1.83 bits per heavy atom. The second-order valence-electron chi connectivity index (χ2n) is 5.01. The van der Waals surface area contributed by atoms with Crippen molar-refractivity contribution in [3.05, 3.63) is 0 Å². The van der Waals surface area contributed by atoms with E-state index in [1.807, 2.05) is 0 Å². The Hall–Kier alpha value is -0.420. The summed E-state index contributed by atoms with van der Waals surface area (Å²) in [7, 11) is -10.3. The summed E-state index contributed by atoms with van der Waals surface area (Å²) < 4.78 is 77.4. The van der Waals surface area contributed by atoms with Crippen LogP contribution >= 0.6 is 0 Å². The summed E-state index contributed by atoms with van der Waals surface area (Å²) >= 11 is 0. The van der Waals surface area contributed by atoms with Gasteiger partial charge in [0.1, 0.15) is 6.10 Å². The molecule has 4 unspecified atom stereocenters. The van der Waals surface area contributed by atoms with Gasteiger partial charge >= 0.3 is 0 Å². The van der Waals surface area contributed by atoms with Crippen LogP contribution in [0.5, 0.6) is 0 Å². The van der Waals surface area contributed by atoms with Crippen LogP contribution in [0.2, 0.25) is 0 Å². The van der Waals surface area contributed by atoms with Crippen LogP contribution in [-0.2, 0) is 33.9 Å². The summed E-state index contributed by atoms with van der Waals surface area (Å²) in [4.78, 5) is 0. The summed E-state index contributed by atoms with van der Waals surface area (Å²) in [6, 6.07) is -1.17. The van der Waals surface area contributed by atoms with Crippen molar-refractivity contribution in [2.45, 2.75) is 37.4 Å². The van der Waals surface area contributed by atoms with Gasteiger partial charge in [-0.3, -0.25) is 8.37 Å². The quantitative estimate of drug-likeness (QED) is 0.289. The number of hydrogen-bond acceptors (Lipinski definition) is 12. The average molecular weight is 379 g/mol. The number of nitrogens with two attached hydrogens (primary N) is 1. The van der Waals surface area contributed by atoms with Crippen molar-refractivity contribution in [1.29, 1.82) is 0 Å². The van der Waals surface area contributed by atoms with E-state index >= 15 is 0 Å². The zero-order valence-corrected chi connectivity index (χ0v) is 13.5. The Morgan fingerprint density at radius 1 is 1.26 bits per heavy atom. The molecule has 1 aliphatic rings. The van der Waals surface area contributed by atoms with E-state index in [1.165, 1.54) is 0 Å². The van der Waals surface area contributed by atoms with Crippen molar-refractivity contribution in [2.75, 3.05) is 13.2 Å². The minimum Gasteiger partial charge on any atom is -0.726 e. The highest BCUT2D eigenvalue weighted by atomic mass is 32.3. The lowest BCUT2D eigenvalue weighted by Gasteiger charge is -2.43. The second-order valence-corrected chi connectivity index (χ2v) is 7.07. The van der Waals surface area contributed by atoms with Gasteiger partial charge in [0.05, 0.1) is 37.6 Å². The van der Waals surface area contributed by atoms with E-state index < -0.39 is 63.8 Å². The number of hydrogen-bond donors (Lipinski definition) is 3. The van der Waals surface area contributed by atoms with E-state index in [0.29, 0.717) is 0 Å². The molecule has 1 saturated heterocycles. The Labute approximate surface area is 133 Å². The van der Waals surface area contributed by atoms with E-state index in [-0.39, 0.29) is 6.61 Å². The third kappa shape index (κ3) is 6.54. The molecule has 1 rings (SSSR count). The zero-order chi connectivity index (χ0) is 18.0. The molecule has 14 heteroatoms. The standard InChI is InChI=1S/C9H19NO11S2/c1-4(11)8(12)7-6(3-20-22(13,14)15)19-2-5(10)9(7)21-23(16,17)18/h4-9,11-12H,2-3,10H2,1H3,(H,13,14,15)(H,16,17,18)/p-2/t4?,5?,6?,7-,8?,9-/m1/s1.